The second kappa shape index (κ2) is 10.3. The van der Waals surface area contributed by atoms with Crippen molar-refractivity contribution in [2.75, 3.05) is 26.8 Å². The zero-order valence-electron chi connectivity index (χ0n) is 15.9. The van der Waals surface area contributed by atoms with Gasteiger partial charge >= 0.3 is 0 Å². The Morgan fingerprint density at radius 2 is 1.69 bits per heavy atom. The van der Waals surface area contributed by atoms with Crippen LogP contribution < -0.4 is 20.1 Å². The molecule has 0 aliphatic heterocycles. The van der Waals surface area contributed by atoms with Gasteiger partial charge in [0.2, 0.25) is 0 Å². The predicted octanol–water partition coefficient (Wildman–Crippen LogP) is 2.82. The molecule has 0 bridgehead atoms. The zero-order chi connectivity index (χ0) is 21.4. The third kappa shape index (κ3) is 5.82. The smallest absolute Gasteiger partial charge is 0.286 e. The molecule has 0 aliphatic rings. The Balaban J connectivity index is 2.02. The van der Waals surface area contributed by atoms with Crippen LogP contribution in [-0.4, -0.2) is 43.5 Å². The molecule has 0 fully saturated rings. The van der Waals surface area contributed by atoms with E-state index in [0.717, 1.165) is 6.07 Å². The van der Waals surface area contributed by atoms with E-state index in [1.807, 2.05) is 0 Å². The highest BCUT2D eigenvalue weighted by Gasteiger charge is 2.24. The van der Waals surface area contributed by atoms with Gasteiger partial charge < -0.3 is 20.1 Å². The van der Waals surface area contributed by atoms with Crippen LogP contribution in [0.1, 0.15) is 27.6 Å². The quantitative estimate of drug-likeness (QED) is 0.365. The molecule has 0 heterocycles. The molecule has 0 saturated heterocycles. The Morgan fingerprint density at radius 3 is 2.24 bits per heavy atom. The molecule has 0 aliphatic carbocycles. The summed E-state index contributed by atoms with van der Waals surface area (Å²) in [5, 5.41) is 17.0. The largest absolute Gasteiger partial charge is 0.493 e. The highest BCUT2D eigenvalue weighted by molar-refractivity contribution is 6.30. The molecule has 0 spiro atoms. The van der Waals surface area contributed by atoms with Crippen LogP contribution in [0.5, 0.6) is 11.5 Å². The van der Waals surface area contributed by atoms with Gasteiger partial charge in [-0.1, -0.05) is 11.6 Å². The summed E-state index contributed by atoms with van der Waals surface area (Å²) in [5.74, 6) is -0.613. The molecular formula is C19H20ClN3O6. The molecule has 0 radical (unpaired) electrons. The molecule has 10 heteroatoms. The molecule has 2 rings (SSSR count). The Morgan fingerprint density at radius 1 is 1.07 bits per heavy atom. The molecular weight excluding hydrogens is 402 g/mol. The minimum absolute atomic E-state index is 0.0747. The van der Waals surface area contributed by atoms with Gasteiger partial charge in [0.1, 0.15) is 5.56 Å². The lowest BCUT2D eigenvalue weighted by atomic mass is 10.1. The van der Waals surface area contributed by atoms with Crippen LogP contribution in [0.25, 0.3) is 0 Å². The fourth-order valence-electron chi connectivity index (χ4n) is 2.46. The molecule has 0 unspecified atom stereocenters. The first kappa shape index (κ1) is 22.0. The number of carbonyl (C=O) groups excluding carboxylic acids is 2. The monoisotopic (exact) mass is 421 g/mol. The molecule has 154 valence electrons. The molecule has 0 atom stereocenters. The standard InChI is InChI=1S/C19H20ClN3O6/c1-3-29-17-10-14(15(23(26)27)11-16(17)28-2)19(25)22-9-8-21-18(24)12-4-6-13(20)7-5-12/h4-7,10-11H,3,8-9H2,1-2H3,(H,21,24)(H,22,25). The Bertz CT molecular complexity index is 902. The number of benzene rings is 2. The van der Waals surface area contributed by atoms with Crippen molar-refractivity contribution in [3.8, 4) is 11.5 Å². The lowest BCUT2D eigenvalue weighted by Gasteiger charge is -2.12. The van der Waals surface area contributed by atoms with Crippen LogP contribution in [0.2, 0.25) is 5.02 Å². The molecule has 0 aromatic heterocycles. The summed E-state index contributed by atoms with van der Waals surface area (Å²) in [6, 6.07) is 8.75. The van der Waals surface area contributed by atoms with E-state index in [1.165, 1.54) is 13.2 Å². The van der Waals surface area contributed by atoms with E-state index in [1.54, 1.807) is 31.2 Å². The maximum Gasteiger partial charge on any atom is 0.286 e. The van der Waals surface area contributed by atoms with Gasteiger partial charge in [0.05, 0.1) is 24.7 Å². The number of hydrogen-bond donors (Lipinski definition) is 2. The van der Waals surface area contributed by atoms with E-state index in [-0.39, 0.29) is 36.1 Å². The predicted molar refractivity (Wildman–Crippen MR) is 107 cm³/mol. The van der Waals surface area contributed by atoms with E-state index in [2.05, 4.69) is 10.6 Å². The lowest BCUT2D eigenvalue weighted by molar-refractivity contribution is -0.385. The topological polar surface area (TPSA) is 120 Å². The number of nitro groups is 1. The molecule has 29 heavy (non-hydrogen) atoms. The second-order valence-corrected chi connectivity index (χ2v) is 6.17. The van der Waals surface area contributed by atoms with Crippen molar-refractivity contribution >= 4 is 29.1 Å². The van der Waals surface area contributed by atoms with Crippen LogP contribution in [0.3, 0.4) is 0 Å². The lowest BCUT2D eigenvalue weighted by Crippen LogP contribution is -2.34. The van der Waals surface area contributed by atoms with Crippen LogP contribution in [-0.2, 0) is 0 Å². The molecule has 9 nitrogen and oxygen atoms in total. The molecule has 2 N–H and O–H groups in total. The van der Waals surface area contributed by atoms with Gasteiger partial charge in [-0.05, 0) is 31.2 Å². The number of methoxy groups -OCH3 is 1. The average molecular weight is 422 g/mol. The maximum absolute atomic E-state index is 12.4. The van der Waals surface area contributed by atoms with Crippen molar-refractivity contribution in [3.05, 3.63) is 62.7 Å². The fraction of sp³-hybridized carbons (Fsp3) is 0.263. The number of nitro benzene ring substituents is 1. The van der Waals surface area contributed by atoms with E-state index < -0.39 is 16.5 Å². The summed E-state index contributed by atoms with van der Waals surface area (Å²) in [4.78, 5) is 35.1. The average Bonchev–Trinajstić information content (AvgIpc) is 2.71. The highest BCUT2D eigenvalue weighted by Crippen LogP contribution is 2.34. The number of nitrogens with one attached hydrogen (secondary N) is 2. The number of nitrogens with zero attached hydrogens (tertiary/aromatic N) is 1. The molecule has 2 amide bonds. The zero-order valence-corrected chi connectivity index (χ0v) is 16.6. The fourth-order valence-corrected chi connectivity index (χ4v) is 2.59. The van der Waals surface area contributed by atoms with Crippen molar-refractivity contribution in [2.45, 2.75) is 6.92 Å². The summed E-state index contributed by atoms with van der Waals surface area (Å²) in [6.07, 6.45) is 0. The van der Waals surface area contributed by atoms with Crippen molar-refractivity contribution in [3.63, 3.8) is 0 Å². The highest BCUT2D eigenvalue weighted by atomic mass is 35.5. The van der Waals surface area contributed by atoms with Crippen LogP contribution >= 0.6 is 11.6 Å². The van der Waals surface area contributed by atoms with Gasteiger partial charge in [0.25, 0.3) is 17.5 Å². The molecule has 2 aromatic rings. The van der Waals surface area contributed by atoms with E-state index in [9.17, 15) is 19.7 Å². The van der Waals surface area contributed by atoms with E-state index in [0.29, 0.717) is 17.2 Å². The van der Waals surface area contributed by atoms with Gasteiger partial charge in [-0.2, -0.15) is 0 Å². The minimum atomic E-state index is -0.671. The number of hydrogen-bond acceptors (Lipinski definition) is 6. The van der Waals surface area contributed by atoms with Crippen molar-refractivity contribution in [1.29, 1.82) is 0 Å². The summed E-state index contributed by atoms with van der Waals surface area (Å²) in [5.41, 5.74) is -0.149. The first-order valence-corrected chi connectivity index (χ1v) is 9.06. The third-order valence-electron chi connectivity index (χ3n) is 3.83. The number of amides is 2. The summed E-state index contributed by atoms with van der Waals surface area (Å²) in [7, 11) is 1.35. The third-order valence-corrected chi connectivity index (χ3v) is 4.08. The summed E-state index contributed by atoms with van der Waals surface area (Å²) >= 11 is 5.78. The minimum Gasteiger partial charge on any atom is -0.493 e. The van der Waals surface area contributed by atoms with Crippen molar-refractivity contribution in [1.82, 2.24) is 10.6 Å². The van der Waals surface area contributed by atoms with Crippen molar-refractivity contribution < 1.29 is 24.0 Å². The van der Waals surface area contributed by atoms with Crippen LogP contribution in [0.15, 0.2) is 36.4 Å². The van der Waals surface area contributed by atoms with Gasteiger partial charge in [-0.15, -0.1) is 0 Å². The van der Waals surface area contributed by atoms with E-state index in [4.69, 9.17) is 21.1 Å². The second-order valence-electron chi connectivity index (χ2n) is 5.73. The number of halogens is 1. The SMILES string of the molecule is CCOc1cc(C(=O)NCCNC(=O)c2ccc(Cl)cc2)c([N+](=O)[O-])cc1OC. The van der Waals surface area contributed by atoms with Crippen LogP contribution in [0.4, 0.5) is 5.69 Å². The number of rotatable bonds is 9. The summed E-state index contributed by atoms with van der Waals surface area (Å²) < 4.78 is 10.5. The number of carbonyl (C=O) groups is 2. The van der Waals surface area contributed by atoms with Gasteiger partial charge in [-0.25, -0.2) is 0 Å². The normalized spacial score (nSPS) is 10.2. The Labute approximate surface area is 172 Å². The van der Waals surface area contributed by atoms with Crippen LogP contribution in [0, 0.1) is 10.1 Å². The summed E-state index contributed by atoms with van der Waals surface area (Å²) in [6.45, 7) is 2.25. The first-order chi connectivity index (χ1) is 13.9. The van der Waals surface area contributed by atoms with Gasteiger partial charge in [0.15, 0.2) is 11.5 Å². The van der Waals surface area contributed by atoms with Gasteiger partial charge in [-0.3, -0.25) is 19.7 Å². The Kier molecular flexibility index (Phi) is 7.79. The maximum atomic E-state index is 12.4. The van der Waals surface area contributed by atoms with Gasteiger partial charge in [0, 0.05) is 29.7 Å². The molecule has 0 saturated carbocycles. The van der Waals surface area contributed by atoms with E-state index >= 15 is 0 Å². The Hall–Kier alpha value is -3.33. The molecule has 2 aromatic carbocycles. The number of ether oxygens (including phenoxy) is 2. The van der Waals surface area contributed by atoms with Crippen molar-refractivity contribution in [2.24, 2.45) is 0 Å². The first-order valence-electron chi connectivity index (χ1n) is 8.68.